The van der Waals surface area contributed by atoms with Crippen molar-refractivity contribution in [3.05, 3.63) is 0 Å². The summed E-state index contributed by atoms with van der Waals surface area (Å²) in [6, 6.07) is 0.705. The van der Waals surface area contributed by atoms with Crippen molar-refractivity contribution in [2.45, 2.75) is 70.4 Å². The van der Waals surface area contributed by atoms with Crippen molar-refractivity contribution >= 4 is 0 Å². The molecular weight excluding hydrogens is 248 g/mol. The summed E-state index contributed by atoms with van der Waals surface area (Å²) in [7, 11) is 2.27. The van der Waals surface area contributed by atoms with Crippen molar-refractivity contribution in [1.82, 2.24) is 10.2 Å². The third kappa shape index (κ3) is 3.75. The van der Waals surface area contributed by atoms with E-state index in [1.165, 1.54) is 38.5 Å². The van der Waals surface area contributed by atoms with Gasteiger partial charge in [0.05, 0.1) is 12.1 Å². The molecule has 0 aromatic rings. The van der Waals surface area contributed by atoms with Gasteiger partial charge in [0.25, 0.3) is 0 Å². The molecule has 3 unspecified atom stereocenters. The molecule has 2 rings (SSSR count). The lowest BCUT2D eigenvalue weighted by Gasteiger charge is -2.43. The van der Waals surface area contributed by atoms with Gasteiger partial charge < -0.3 is 15.3 Å². The highest BCUT2D eigenvalue weighted by atomic mass is 16.3. The van der Waals surface area contributed by atoms with E-state index in [9.17, 15) is 5.11 Å². The standard InChI is InChI=1S/C17H34N2O/c1-4-11-18-17(13-20,15-9-10-15)12-19(3)16-8-6-5-7-14(16)2/h14-16,18,20H,4-13H2,1-3H3. The largest absolute Gasteiger partial charge is 0.394 e. The molecule has 3 nitrogen and oxygen atoms in total. The smallest absolute Gasteiger partial charge is 0.0628 e. The van der Waals surface area contributed by atoms with Crippen LogP contribution in [0.15, 0.2) is 0 Å². The Kier molecular flexibility index (Phi) is 5.88. The number of hydrogen-bond acceptors (Lipinski definition) is 3. The van der Waals surface area contributed by atoms with E-state index >= 15 is 0 Å². The van der Waals surface area contributed by atoms with E-state index < -0.39 is 0 Å². The first-order chi connectivity index (χ1) is 9.63. The first kappa shape index (κ1) is 16.3. The molecule has 2 aliphatic carbocycles. The molecule has 20 heavy (non-hydrogen) atoms. The second-order valence-electron chi connectivity index (χ2n) is 7.26. The third-order valence-corrected chi connectivity index (χ3v) is 5.53. The average molecular weight is 282 g/mol. The second-order valence-corrected chi connectivity index (χ2v) is 7.26. The van der Waals surface area contributed by atoms with Crippen LogP contribution in [0, 0.1) is 11.8 Å². The molecule has 0 saturated heterocycles. The minimum atomic E-state index is -0.0536. The van der Waals surface area contributed by atoms with Gasteiger partial charge in [0.15, 0.2) is 0 Å². The van der Waals surface area contributed by atoms with Crippen LogP contribution in [0.4, 0.5) is 0 Å². The van der Waals surface area contributed by atoms with Crippen LogP contribution in [-0.2, 0) is 0 Å². The fourth-order valence-electron chi connectivity index (χ4n) is 4.09. The number of aliphatic hydroxyl groups is 1. The maximum absolute atomic E-state index is 10.0. The predicted molar refractivity (Wildman–Crippen MR) is 84.9 cm³/mol. The highest BCUT2D eigenvalue weighted by molar-refractivity contribution is 5.03. The quantitative estimate of drug-likeness (QED) is 0.718. The maximum atomic E-state index is 10.0. The minimum absolute atomic E-state index is 0.0536. The molecule has 2 saturated carbocycles. The predicted octanol–water partition coefficient (Wildman–Crippen LogP) is 2.64. The highest BCUT2D eigenvalue weighted by Gasteiger charge is 2.45. The Morgan fingerprint density at radius 2 is 1.90 bits per heavy atom. The number of nitrogens with one attached hydrogen (secondary N) is 1. The molecule has 0 aliphatic heterocycles. The van der Waals surface area contributed by atoms with E-state index in [1.807, 2.05) is 0 Å². The molecule has 0 aromatic heterocycles. The van der Waals surface area contributed by atoms with Gasteiger partial charge in [-0.25, -0.2) is 0 Å². The van der Waals surface area contributed by atoms with Gasteiger partial charge in [-0.15, -0.1) is 0 Å². The van der Waals surface area contributed by atoms with Crippen molar-refractivity contribution in [2.24, 2.45) is 11.8 Å². The summed E-state index contributed by atoms with van der Waals surface area (Å²) < 4.78 is 0. The Labute approximate surface area is 125 Å². The van der Waals surface area contributed by atoms with E-state index in [0.717, 1.165) is 25.4 Å². The first-order valence-electron chi connectivity index (χ1n) is 8.69. The molecule has 0 spiro atoms. The van der Waals surface area contributed by atoms with Crippen LogP contribution < -0.4 is 5.32 Å². The number of rotatable bonds is 8. The Hall–Kier alpha value is -0.120. The van der Waals surface area contributed by atoms with Gasteiger partial charge in [-0.05, 0) is 57.5 Å². The van der Waals surface area contributed by atoms with Crippen LogP contribution in [0.2, 0.25) is 0 Å². The van der Waals surface area contributed by atoms with E-state index in [4.69, 9.17) is 0 Å². The number of likely N-dealkylation sites (N-methyl/N-ethyl adjacent to an activating group) is 1. The zero-order chi connectivity index (χ0) is 14.6. The Balaban J connectivity index is 1.98. The first-order valence-corrected chi connectivity index (χ1v) is 8.69. The molecule has 118 valence electrons. The minimum Gasteiger partial charge on any atom is -0.394 e. The summed E-state index contributed by atoms with van der Waals surface area (Å²) in [6.45, 7) is 6.91. The summed E-state index contributed by atoms with van der Waals surface area (Å²) in [4.78, 5) is 2.54. The molecule has 0 heterocycles. The lowest BCUT2D eigenvalue weighted by molar-refractivity contribution is 0.0580. The normalized spacial score (nSPS) is 30.4. The van der Waals surface area contributed by atoms with Crippen LogP contribution in [0.25, 0.3) is 0 Å². The third-order valence-electron chi connectivity index (χ3n) is 5.53. The molecule has 2 fully saturated rings. The van der Waals surface area contributed by atoms with Crippen molar-refractivity contribution in [3.63, 3.8) is 0 Å². The van der Waals surface area contributed by atoms with Crippen molar-refractivity contribution in [1.29, 1.82) is 0 Å². The van der Waals surface area contributed by atoms with E-state index in [0.29, 0.717) is 12.0 Å². The molecule has 0 radical (unpaired) electrons. The summed E-state index contributed by atoms with van der Waals surface area (Å²) in [5, 5.41) is 13.7. The van der Waals surface area contributed by atoms with Crippen molar-refractivity contribution in [3.8, 4) is 0 Å². The molecule has 0 bridgehead atoms. The van der Waals surface area contributed by atoms with Crippen LogP contribution in [0.5, 0.6) is 0 Å². The van der Waals surface area contributed by atoms with Gasteiger partial charge in [-0.3, -0.25) is 0 Å². The van der Waals surface area contributed by atoms with E-state index in [-0.39, 0.29) is 12.1 Å². The molecule has 2 N–H and O–H groups in total. The lowest BCUT2D eigenvalue weighted by atomic mass is 9.83. The van der Waals surface area contributed by atoms with Gasteiger partial charge in [-0.1, -0.05) is 26.7 Å². The molecule has 0 amide bonds. The van der Waals surface area contributed by atoms with E-state index in [2.05, 4.69) is 31.1 Å². The Bertz CT molecular complexity index is 293. The summed E-state index contributed by atoms with van der Waals surface area (Å²) in [6.07, 6.45) is 9.17. The molecular formula is C17H34N2O. The van der Waals surface area contributed by atoms with Crippen molar-refractivity contribution in [2.75, 3.05) is 26.7 Å². The average Bonchev–Trinajstić information content (AvgIpc) is 3.29. The summed E-state index contributed by atoms with van der Waals surface area (Å²) in [5.74, 6) is 1.48. The fraction of sp³-hybridized carbons (Fsp3) is 1.00. The summed E-state index contributed by atoms with van der Waals surface area (Å²) in [5.41, 5.74) is -0.0536. The van der Waals surface area contributed by atoms with Crippen LogP contribution >= 0.6 is 0 Å². The van der Waals surface area contributed by atoms with Gasteiger partial charge >= 0.3 is 0 Å². The van der Waals surface area contributed by atoms with E-state index in [1.54, 1.807) is 0 Å². The summed E-state index contributed by atoms with van der Waals surface area (Å²) >= 11 is 0. The van der Waals surface area contributed by atoms with Crippen molar-refractivity contribution < 1.29 is 5.11 Å². The van der Waals surface area contributed by atoms with Crippen LogP contribution in [-0.4, -0.2) is 48.3 Å². The topological polar surface area (TPSA) is 35.5 Å². The number of aliphatic hydroxyl groups excluding tert-OH is 1. The Morgan fingerprint density at radius 1 is 1.20 bits per heavy atom. The molecule has 0 aromatic carbocycles. The highest BCUT2D eigenvalue weighted by Crippen LogP contribution is 2.41. The SMILES string of the molecule is CCCNC(CO)(CN(C)C1CCCCC1C)C1CC1. The van der Waals surface area contributed by atoms with Gasteiger partial charge in [-0.2, -0.15) is 0 Å². The van der Waals surface area contributed by atoms with Crippen LogP contribution in [0.3, 0.4) is 0 Å². The van der Waals surface area contributed by atoms with Gasteiger partial charge in [0.2, 0.25) is 0 Å². The Morgan fingerprint density at radius 3 is 2.45 bits per heavy atom. The second kappa shape index (κ2) is 7.24. The fourth-order valence-corrected chi connectivity index (χ4v) is 4.09. The zero-order valence-corrected chi connectivity index (χ0v) is 13.7. The zero-order valence-electron chi connectivity index (χ0n) is 13.7. The maximum Gasteiger partial charge on any atom is 0.0628 e. The van der Waals surface area contributed by atoms with Gasteiger partial charge in [0, 0.05) is 12.6 Å². The van der Waals surface area contributed by atoms with Crippen LogP contribution in [0.1, 0.15) is 58.8 Å². The molecule has 3 heteroatoms. The molecule has 2 aliphatic rings. The number of hydrogen-bond donors (Lipinski definition) is 2. The monoisotopic (exact) mass is 282 g/mol. The van der Waals surface area contributed by atoms with Gasteiger partial charge in [0.1, 0.15) is 0 Å². The molecule has 3 atom stereocenters. The number of nitrogens with zero attached hydrogens (tertiary/aromatic N) is 1. The lowest BCUT2D eigenvalue weighted by Crippen LogP contribution is -2.59.